The summed E-state index contributed by atoms with van der Waals surface area (Å²) in [4.78, 5) is 16.0. The van der Waals surface area contributed by atoms with Crippen LogP contribution in [0.25, 0.3) is 11.0 Å². The van der Waals surface area contributed by atoms with Gasteiger partial charge in [-0.25, -0.2) is 8.42 Å². The predicted molar refractivity (Wildman–Crippen MR) is 163 cm³/mol. The van der Waals surface area contributed by atoms with Gasteiger partial charge < -0.3 is 24.1 Å². The van der Waals surface area contributed by atoms with E-state index in [9.17, 15) is 18.3 Å². The minimum Gasteiger partial charge on any atom is -0.455 e. The Balaban J connectivity index is 1.55. The minimum atomic E-state index is -4.03. The van der Waals surface area contributed by atoms with Crippen LogP contribution in [0.3, 0.4) is 0 Å². The van der Waals surface area contributed by atoms with E-state index in [4.69, 9.17) is 9.15 Å². The highest BCUT2D eigenvalue weighted by Crippen LogP contribution is 2.36. The Morgan fingerprint density at radius 3 is 2.40 bits per heavy atom. The van der Waals surface area contributed by atoms with E-state index in [-0.39, 0.29) is 23.1 Å². The molecule has 0 saturated carbocycles. The van der Waals surface area contributed by atoms with Gasteiger partial charge in [-0.15, -0.1) is 0 Å². The highest BCUT2D eigenvalue weighted by atomic mass is 32.2. The van der Waals surface area contributed by atoms with E-state index in [1.165, 1.54) is 4.31 Å². The number of hydrogen-bond acceptors (Lipinski definition) is 7. The maximum absolute atomic E-state index is 14.5. The van der Waals surface area contributed by atoms with E-state index in [1.807, 2.05) is 59.5 Å². The summed E-state index contributed by atoms with van der Waals surface area (Å²) in [7, 11) is -4.03. The standard InChI is InChI=1S/C32H37N3O6S/c1-4-40-32(37)31-23(2)27-22-26(14-15-30(27)41-31)42(38,39)35(17-16-25-10-6-5-7-11-25)29-13-9-8-12-28(29)34-20-18-33(19-21-34)24(3)36/h5-15,22,32,37H,4,16-21H2,1-3H3. The first-order chi connectivity index (χ1) is 20.2. The SMILES string of the molecule is CCOC(O)c1oc2ccc(S(=O)(=O)N(CCc3ccccc3)c3ccccc3N3CCN(C(C)=O)CC3)cc2c1C. The Morgan fingerprint density at radius 1 is 1.02 bits per heavy atom. The van der Waals surface area contributed by atoms with Gasteiger partial charge >= 0.3 is 0 Å². The maximum Gasteiger partial charge on any atom is 0.264 e. The molecule has 4 aromatic rings. The number of aliphatic hydroxyl groups excluding tert-OH is 1. The van der Waals surface area contributed by atoms with Crippen molar-refractivity contribution >= 4 is 38.3 Å². The van der Waals surface area contributed by atoms with Gasteiger partial charge in [-0.05, 0) is 56.2 Å². The molecule has 5 rings (SSSR count). The van der Waals surface area contributed by atoms with Gasteiger partial charge in [0.2, 0.25) is 12.2 Å². The van der Waals surface area contributed by atoms with Crippen LogP contribution in [0.15, 0.2) is 82.1 Å². The zero-order valence-electron chi connectivity index (χ0n) is 24.2. The Bertz CT molecular complexity index is 1650. The highest BCUT2D eigenvalue weighted by molar-refractivity contribution is 7.92. The number of anilines is 2. The third-order valence-electron chi connectivity index (χ3n) is 7.74. The number of para-hydroxylation sites is 2. The molecule has 10 heteroatoms. The molecule has 0 aliphatic carbocycles. The monoisotopic (exact) mass is 591 g/mol. The lowest BCUT2D eigenvalue weighted by molar-refractivity contribution is -0.129. The second-order valence-corrected chi connectivity index (χ2v) is 12.2. The summed E-state index contributed by atoms with van der Waals surface area (Å²) in [6, 6.07) is 22.1. The largest absolute Gasteiger partial charge is 0.455 e. The molecule has 1 amide bonds. The predicted octanol–water partition coefficient (Wildman–Crippen LogP) is 4.88. The van der Waals surface area contributed by atoms with E-state index in [0.717, 1.165) is 11.3 Å². The van der Waals surface area contributed by atoms with Crippen LogP contribution < -0.4 is 9.21 Å². The van der Waals surface area contributed by atoms with Crippen molar-refractivity contribution in [3.63, 3.8) is 0 Å². The summed E-state index contributed by atoms with van der Waals surface area (Å²) in [6.45, 7) is 8.02. The molecule has 0 bridgehead atoms. The summed E-state index contributed by atoms with van der Waals surface area (Å²) in [5.74, 6) is 0.300. The van der Waals surface area contributed by atoms with Gasteiger partial charge in [0.05, 0.1) is 16.3 Å². The van der Waals surface area contributed by atoms with Crippen molar-refractivity contribution in [1.82, 2.24) is 4.90 Å². The third kappa shape index (κ3) is 6.01. The van der Waals surface area contributed by atoms with Gasteiger partial charge in [0, 0.05) is 57.2 Å². The average Bonchev–Trinajstić information content (AvgIpc) is 3.34. The zero-order chi connectivity index (χ0) is 29.9. The number of furan rings is 1. The van der Waals surface area contributed by atoms with Gasteiger partial charge in [0.25, 0.3) is 10.0 Å². The number of sulfonamides is 1. The number of nitrogens with zero attached hydrogens (tertiary/aromatic N) is 3. The fourth-order valence-corrected chi connectivity index (χ4v) is 6.93. The number of hydrogen-bond donors (Lipinski definition) is 1. The number of aliphatic hydroxyl groups is 1. The van der Waals surface area contributed by atoms with Gasteiger partial charge in [0.1, 0.15) is 5.58 Å². The van der Waals surface area contributed by atoms with Crippen molar-refractivity contribution in [3.8, 4) is 0 Å². The molecule has 1 saturated heterocycles. The van der Waals surface area contributed by atoms with Gasteiger partial charge in [-0.2, -0.15) is 0 Å². The molecule has 0 spiro atoms. The molecule has 1 atom stereocenters. The molecule has 42 heavy (non-hydrogen) atoms. The smallest absolute Gasteiger partial charge is 0.264 e. The number of fused-ring (bicyclic) bond motifs is 1. The number of amides is 1. The lowest BCUT2D eigenvalue weighted by Gasteiger charge is -2.38. The molecular weight excluding hydrogens is 554 g/mol. The van der Waals surface area contributed by atoms with Crippen LogP contribution in [-0.4, -0.2) is 63.7 Å². The molecule has 1 aliphatic rings. The van der Waals surface area contributed by atoms with E-state index >= 15 is 0 Å². The van der Waals surface area contributed by atoms with Crippen molar-refractivity contribution in [2.75, 3.05) is 48.5 Å². The Labute approximate surface area is 247 Å². The molecule has 1 unspecified atom stereocenters. The van der Waals surface area contributed by atoms with Crippen molar-refractivity contribution < 1.29 is 27.5 Å². The van der Waals surface area contributed by atoms with E-state index in [1.54, 1.807) is 39.0 Å². The fourth-order valence-electron chi connectivity index (χ4n) is 5.43. The van der Waals surface area contributed by atoms with Crippen LogP contribution in [0.5, 0.6) is 0 Å². The van der Waals surface area contributed by atoms with Crippen LogP contribution in [-0.2, 0) is 26.0 Å². The number of benzene rings is 3. The van der Waals surface area contributed by atoms with Crippen molar-refractivity contribution in [2.24, 2.45) is 0 Å². The number of ether oxygens (including phenoxy) is 1. The van der Waals surface area contributed by atoms with E-state index in [2.05, 4.69) is 4.90 Å². The van der Waals surface area contributed by atoms with Crippen LogP contribution in [0.2, 0.25) is 0 Å². The molecule has 2 heterocycles. The summed E-state index contributed by atoms with van der Waals surface area (Å²) >= 11 is 0. The van der Waals surface area contributed by atoms with Crippen LogP contribution in [0.1, 0.15) is 37.0 Å². The van der Waals surface area contributed by atoms with E-state index < -0.39 is 16.3 Å². The summed E-state index contributed by atoms with van der Waals surface area (Å²) < 4.78 is 41.6. The summed E-state index contributed by atoms with van der Waals surface area (Å²) in [5, 5.41) is 11.0. The normalized spacial score (nSPS) is 14.8. The molecule has 3 aromatic carbocycles. The van der Waals surface area contributed by atoms with Gasteiger partial charge in [-0.1, -0.05) is 42.5 Å². The molecule has 1 aromatic heterocycles. The number of piperazine rings is 1. The Hall–Kier alpha value is -3.86. The molecular formula is C32H37N3O6S. The highest BCUT2D eigenvalue weighted by Gasteiger charge is 2.30. The molecule has 1 fully saturated rings. The minimum absolute atomic E-state index is 0.0388. The topological polar surface area (TPSA) is 104 Å². The number of carbonyl (C=O) groups excluding carboxylic acids is 1. The molecule has 1 aliphatic heterocycles. The molecule has 9 nitrogen and oxygen atoms in total. The number of carbonyl (C=O) groups is 1. The maximum atomic E-state index is 14.5. The molecule has 222 valence electrons. The first-order valence-corrected chi connectivity index (χ1v) is 15.6. The lowest BCUT2D eigenvalue weighted by Crippen LogP contribution is -2.48. The first kappa shape index (κ1) is 29.6. The lowest BCUT2D eigenvalue weighted by atomic mass is 10.1. The fraction of sp³-hybridized carbons (Fsp3) is 0.344. The van der Waals surface area contributed by atoms with E-state index in [0.29, 0.717) is 61.4 Å². The summed E-state index contributed by atoms with van der Waals surface area (Å²) in [6.07, 6.45) is -0.718. The molecule has 0 radical (unpaired) electrons. The van der Waals surface area contributed by atoms with Crippen LogP contribution in [0, 0.1) is 6.92 Å². The van der Waals surface area contributed by atoms with Gasteiger partial charge in [0.15, 0.2) is 5.76 Å². The number of rotatable bonds is 10. The second-order valence-electron chi connectivity index (χ2n) is 10.4. The second kappa shape index (κ2) is 12.6. The number of aryl methyl sites for hydroxylation is 1. The van der Waals surface area contributed by atoms with Crippen molar-refractivity contribution in [2.45, 2.75) is 38.4 Å². The summed E-state index contributed by atoms with van der Waals surface area (Å²) in [5.41, 5.74) is 3.52. The Morgan fingerprint density at radius 2 is 1.71 bits per heavy atom. The van der Waals surface area contributed by atoms with Gasteiger partial charge in [-0.3, -0.25) is 9.10 Å². The third-order valence-corrected chi connectivity index (χ3v) is 9.55. The van der Waals surface area contributed by atoms with Crippen molar-refractivity contribution in [3.05, 3.63) is 89.7 Å². The van der Waals surface area contributed by atoms with Crippen LogP contribution >= 0.6 is 0 Å². The Kier molecular flexibility index (Phi) is 8.86. The first-order valence-electron chi connectivity index (χ1n) is 14.2. The zero-order valence-corrected chi connectivity index (χ0v) is 25.0. The average molecular weight is 592 g/mol. The quantitative estimate of drug-likeness (QED) is 0.262. The molecule has 1 N–H and O–H groups in total. The van der Waals surface area contributed by atoms with Crippen LogP contribution in [0.4, 0.5) is 11.4 Å². The van der Waals surface area contributed by atoms with Crippen molar-refractivity contribution in [1.29, 1.82) is 0 Å².